The van der Waals surface area contributed by atoms with Crippen LogP contribution in [0, 0.1) is 10.1 Å². The number of nitro benzene ring substituents is 1. The van der Waals surface area contributed by atoms with Crippen LogP contribution in [0.15, 0.2) is 48.5 Å². The van der Waals surface area contributed by atoms with Crippen molar-refractivity contribution in [3.05, 3.63) is 69.8 Å². The number of amides is 2. The molecule has 130 valence electrons. The Morgan fingerprint density at radius 2 is 1.84 bits per heavy atom. The van der Waals surface area contributed by atoms with Crippen molar-refractivity contribution in [2.75, 3.05) is 7.11 Å². The Balaban J connectivity index is 2.47. The largest absolute Gasteiger partial charge is 0.497 e. The van der Waals surface area contributed by atoms with Crippen LogP contribution in [-0.4, -0.2) is 23.8 Å². The molecule has 0 saturated heterocycles. The molecule has 0 aliphatic carbocycles. The number of hydrogen-bond acceptors (Lipinski definition) is 5. The summed E-state index contributed by atoms with van der Waals surface area (Å²) in [4.78, 5) is 35.1. The second kappa shape index (κ2) is 7.00. The molecular weight excluding hydrogens is 326 g/mol. The molecule has 8 nitrogen and oxygen atoms in total. The van der Waals surface area contributed by atoms with Gasteiger partial charge in [0.2, 0.25) is 5.91 Å². The van der Waals surface area contributed by atoms with Gasteiger partial charge in [-0.1, -0.05) is 30.3 Å². The third-order valence-corrected chi connectivity index (χ3v) is 3.85. The predicted molar refractivity (Wildman–Crippen MR) is 90.1 cm³/mol. The highest BCUT2D eigenvalue weighted by Gasteiger charge is 2.36. The number of carbonyl (C=O) groups is 2. The molecule has 0 spiro atoms. The maximum absolute atomic E-state index is 12.7. The molecule has 3 N–H and O–H groups in total. The molecular formula is C17H17N3O5. The van der Waals surface area contributed by atoms with Gasteiger partial charge in [0.25, 0.3) is 11.6 Å². The van der Waals surface area contributed by atoms with Crippen LogP contribution in [0.3, 0.4) is 0 Å². The number of rotatable bonds is 6. The molecule has 0 unspecified atom stereocenters. The van der Waals surface area contributed by atoms with Gasteiger partial charge >= 0.3 is 0 Å². The van der Waals surface area contributed by atoms with Gasteiger partial charge in [0.15, 0.2) is 0 Å². The number of nitro groups is 1. The first kappa shape index (κ1) is 17.9. The normalized spacial score (nSPS) is 12.7. The fourth-order valence-electron chi connectivity index (χ4n) is 2.33. The molecule has 2 amide bonds. The van der Waals surface area contributed by atoms with E-state index in [1.807, 2.05) is 0 Å². The van der Waals surface area contributed by atoms with Gasteiger partial charge in [-0.2, -0.15) is 0 Å². The first-order chi connectivity index (χ1) is 11.8. The summed E-state index contributed by atoms with van der Waals surface area (Å²) in [6, 6.07) is 12.2. The van der Waals surface area contributed by atoms with Crippen molar-refractivity contribution in [1.29, 1.82) is 0 Å². The number of hydrogen-bond donors (Lipinski definition) is 2. The molecule has 2 aromatic carbocycles. The lowest BCUT2D eigenvalue weighted by atomic mass is 9.90. The van der Waals surface area contributed by atoms with Crippen molar-refractivity contribution in [1.82, 2.24) is 5.32 Å². The minimum absolute atomic E-state index is 0.229. The highest BCUT2D eigenvalue weighted by Crippen LogP contribution is 2.26. The van der Waals surface area contributed by atoms with Crippen molar-refractivity contribution in [3.63, 3.8) is 0 Å². The third-order valence-electron chi connectivity index (χ3n) is 3.85. The lowest BCUT2D eigenvalue weighted by molar-refractivity contribution is -0.385. The minimum Gasteiger partial charge on any atom is -0.497 e. The highest BCUT2D eigenvalue weighted by atomic mass is 16.6. The Hall–Kier alpha value is -3.42. The number of nitrogens with one attached hydrogen (secondary N) is 1. The molecule has 2 rings (SSSR count). The van der Waals surface area contributed by atoms with Gasteiger partial charge in [0, 0.05) is 6.07 Å². The summed E-state index contributed by atoms with van der Waals surface area (Å²) < 4.78 is 5.01. The molecule has 0 aromatic heterocycles. The van der Waals surface area contributed by atoms with E-state index in [4.69, 9.17) is 10.5 Å². The number of benzene rings is 2. The van der Waals surface area contributed by atoms with Crippen molar-refractivity contribution in [3.8, 4) is 5.75 Å². The van der Waals surface area contributed by atoms with Gasteiger partial charge in [-0.25, -0.2) is 0 Å². The second-order valence-corrected chi connectivity index (χ2v) is 5.45. The van der Waals surface area contributed by atoms with E-state index in [1.165, 1.54) is 26.2 Å². The quantitative estimate of drug-likeness (QED) is 0.610. The van der Waals surface area contributed by atoms with E-state index in [0.717, 1.165) is 6.07 Å². The van der Waals surface area contributed by atoms with Gasteiger partial charge in [-0.05, 0) is 24.6 Å². The number of methoxy groups -OCH3 is 1. The number of carbonyl (C=O) groups excluding carboxylic acids is 2. The molecule has 0 aliphatic rings. The molecule has 1 atom stereocenters. The van der Waals surface area contributed by atoms with Crippen molar-refractivity contribution in [2.24, 2.45) is 5.73 Å². The minimum atomic E-state index is -1.53. The molecule has 0 aliphatic heterocycles. The highest BCUT2D eigenvalue weighted by molar-refractivity contribution is 6.02. The summed E-state index contributed by atoms with van der Waals surface area (Å²) in [6.07, 6.45) is 0. The van der Waals surface area contributed by atoms with Gasteiger partial charge in [0.1, 0.15) is 16.9 Å². The Bertz CT molecular complexity index is 822. The van der Waals surface area contributed by atoms with E-state index in [2.05, 4.69) is 5.32 Å². The lowest BCUT2D eigenvalue weighted by Gasteiger charge is -2.28. The Kier molecular flexibility index (Phi) is 5.02. The zero-order valence-electron chi connectivity index (χ0n) is 13.7. The van der Waals surface area contributed by atoms with E-state index < -0.39 is 28.0 Å². The SMILES string of the molecule is COc1ccc([N+](=O)[O-])c(C(=O)N[C@](C)(C(N)=O)c2ccccc2)c1. The summed E-state index contributed by atoms with van der Waals surface area (Å²) in [5.41, 5.74) is 3.76. The zero-order chi connectivity index (χ0) is 18.6. The number of nitrogens with zero attached hydrogens (tertiary/aromatic N) is 1. The molecule has 0 heterocycles. The van der Waals surface area contributed by atoms with E-state index >= 15 is 0 Å². The van der Waals surface area contributed by atoms with Crippen LogP contribution in [0.25, 0.3) is 0 Å². The van der Waals surface area contributed by atoms with E-state index in [9.17, 15) is 19.7 Å². The average molecular weight is 343 g/mol. The second-order valence-electron chi connectivity index (χ2n) is 5.45. The molecule has 0 saturated carbocycles. The summed E-state index contributed by atoms with van der Waals surface area (Å²) in [5, 5.41) is 13.7. The first-order valence-corrected chi connectivity index (χ1v) is 7.30. The third kappa shape index (κ3) is 3.57. The summed E-state index contributed by atoms with van der Waals surface area (Å²) in [5.74, 6) is -1.33. The van der Waals surface area contributed by atoms with Crippen LogP contribution >= 0.6 is 0 Å². The summed E-state index contributed by atoms with van der Waals surface area (Å²) >= 11 is 0. The fourth-order valence-corrected chi connectivity index (χ4v) is 2.33. The summed E-state index contributed by atoms with van der Waals surface area (Å²) in [6.45, 7) is 1.44. The van der Waals surface area contributed by atoms with Crippen LogP contribution in [0.1, 0.15) is 22.8 Å². The smallest absolute Gasteiger partial charge is 0.282 e. The van der Waals surface area contributed by atoms with Crippen molar-refractivity contribution < 1.29 is 19.2 Å². The van der Waals surface area contributed by atoms with E-state index in [0.29, 0.717) is 5.56 Å². The van der Waals surface area contributed by atoms with Crippen LogP contribution < -0.4 is 15.8 Å². The topological polar surface area (TPSA) is 125 Å². The number of primary amides is 1. The molecule has 0 bridgehead atoms. The Labute approximate surface area is 143 Å². The van der Waals surface area contributed by atoms with Gasteiger partial charge in [0.05, 0.1) is 12.0 Å². The zero-order valence-corrected chi connectivity index (χ0v) is 13.7. The monoisotopic (exact) mass is 343 g/mol. The number of nitrogens with two attached hydrogens (primary N) is 1. The molecule has 2 aromatic rings. The fraction of sp³-hybridized carbons (Fsp3) is 0.176. The lowest BCUT2D eigenvalue weighted by Crippen LogP contribution is -2.52. The average Bonchev–Trinajstić information content (AvgIpc) is 2.61. The molecule has 0 radical (unpaired) electrons. The van der Waals surface area contributed by atoms with Crippen LogP contribution in [0.2, 0.25) is 0 Å². The van der Waals surface area contributed by atoms with E-state index in [1.54, 1.807) is 30.3 Å². The Morgan fingerprint density at radius 3 is 2.36 bits per heavy atom. The van der Waals surface area contributed by atoms with Crippen molar-refractivity contribution >= 4 is 17.5 Å². The predicted octanol–water partition coefficient (Wildman–Crippen LogP) is 1.73. The maximum atomic E-state index is 12.7. The van der Waals surface area contributed by atoms with Gasteiger partial charge in [-0.15, -0.1) is 0 Å². The standard InChI is InChI=1S/C17H17N3O5/c1-17(16(18)22,11-6-4-3-5-7-11)19-15(21)13-10-12(25-2)8-9-14(13)20(23)24/h3-10H,1-2H3,(H2,18,22)(H,19,21)/t17-/m0/s1. The first-order valence-electron chi connectivity index (χ1n) is 7.30. The van der Waals surface area contributed by atoms with Crippen molar-refractivity contribution in [2.45, 2.75) is 12.5 Å². The summed E-state index contributed by atoms with van der Waals surface area (Å²) in [7, 11) is 1.38. The molecule has 8 heteroatoms. The maximum Gasteiger partial charge on any atom is 0.282 e. The van der Waals surface area contributed by atoms with E-state index in [-0.39, 0.29) is 11.3 Å². The molecule has 0 fully saturated rings. The van der Waals surface area contributed by atoms with Gasteiger partial charge in [-0.3, -0.25) is 19.7 Å². The van der Waals surface area contributed by atoms with Gasteiger partial charge < -0.3 is 15.8 Å². The van der Waals surface area contributed by atoms with Crippen LogP contribution in [-0.2, 0) is 10.3 Å². The Morgan fingerprint density at radius 1 is 1.20 bits per heavy atom. The van der Waals surface area contributed by atoms with Crippen LogP contribution in [0.4, 0.5) is 5.69 Å². The van der Waals surface area contributed by atoms with Crippen LogP contribution in [0.5, 0.6) is 5.75 Å². The molecule has 25 heavy (non-hydrogen) atoms. The number of ether oxygens (including phenoxy) is 1.